The molecule has 1 aromatic carbocycles. The van der Waals surface area contributed by atoms with Crippen LogP contribution in [0.1, 0.15) is 41.0 Å². The van der Waals surface area contributed by atoms with Crippen LogP contribution in [-0.4, -0.2) is 29.3 Å². The van der Waals surface area contributed by atoms with Gasteiger partial charge >= 0.3 is 0 Å². The Bertz CT molecular complexity index is 771. The second-order valence-corrected chi connectivity index (χ2v) is 6.16. The van der Waals surface area contributed by atoms with E-state index in [1.165, 1.54) is 0 Å². The molecule has 6 nitrogen and oxygen atoms in total. The molecule has 136 valence electrons. The van der Waals surface area contributed by atoms with Gasteiger partial charge in [-0.25, -0.2) is 0 Å². The molecule has 7 heteroatoms. The summed E-state index contributed by atoms with van der Waals surface area (Å²) in [5, 5.41) is 11.1. The Labute approximate surface area is 153 Å². The summed E-state index contributed by atoms with van der Waals surface area (Å²) in [6, 6.07) is 3.52. The molecule has 2 N–H and O–H groups in total. The van der Waals surface area contributed by atoms with E-state index < -0.39 is 0 Å². The van der Waals surface area contributed by atoms with Crippen LogP contribution in [0.5, 0.6) is 5.88 Å². The molecule has 1 aromatic heterocycles. The second kappa shape index (κ2) is 8.25. The first-order valence-electron chi connectivity index (χ1n) is 8.35. The number of rotatable bonds is 7. The van der Waals surface area contributed by atoms with Gasteiger partial charge < -0.3 is 15.4 Å². The largest absolute Gasteiger partial charge is 0.480 e. The fourth-order valence-electron chi connectivity index (χ4n) is 2.78. The quantitative estimate of drug-likeness (QED) is 0.788. The summed E-state index contributed by atoms with van der Waals surface area (Å²) < 4.78 is 7.18. The van der Waals surface area contributed by atoms with E-state index in [4.69, 9.17) is 16.3 Å². The fourth-order valence-corrected chi connectivity index (χ4v) is 3.00. The van der Waals surface area contributed by atoms with Gasteiger partial charge in [0.15, 0.2) is 0 Å². The standard InChI is InChI=1S/C18H25ClN4O2/c1-6-20-16-9-13(19)8-14(11(16)3)17(24)21-10-15-12(4)23(7-2)22-18(15)25-5/h8-9,20H,6-7,10H2,1-5H3,(H,21,24). The summed E-state index contributed by atoms with van der Waals surface area (Å²) in [6.45, 7) is 9.74. The van der Waals surface area contributed by atoms with Crippen LogP contribution in [0.2, 0.25) is 5.02 Å². The Morgan fingerprint density at radius 1 is 1.32 bits per heavy atom. The minimum absolute atomic E-state index is 0.176. The van der Waals surface area contributed by atoms with Gasteiger partial charge in [0.25, 0.3) is 5.91 Å². The lowest BCUT2D eigenvalue weighted by Gasteiger charge is -2.13. The lowest BCUT2D eigenvalue weighted by molar-refractivity contribution is 0.0950. The van der Waals surface area contributed by atoms with Gasteiger partial charge in [-0.05, 0) is 45.4 Å². The molecule has 0 aliphatic carbocycles. The van der Waals surface area contributed by atoms with Crippen LogP contribution in [0.4, 0.5) is 5.69 Å². The van der Waals surface area contributed by atoms with Crippen molar-refractivity contribution in [3.05, 3.63) is 39.5 Å². The number of carbonyl (C=O) groups is 1. The van der Waals surface area contributed by atoms with Gasteiger partial charge in [0, 0.05) is 35.1 Å². The zero-order valence-electron chi connectivity index (χ0n) is 15.4. The molecule has 25 heavy (non-hydrogen) atoms. The highest BCUT2D eigenvalue weighted by molar-refractivity contribution is 6.31. The van der Waals surface area contributed by atoms with Crippen LogP contribution in [0, 0.1) is 13.8 Å². The van der Waals surface area contributed by atoms with Crippen LogP contribution < -0.4 is 15.4 Å². The van der Waals surface area contributed by atoms with Crippen LogP contribution in [-0.2, 0) is 13.1 Å². The molecule has 0 saturated heterocycles. The van der Waals surface area contributed by atoms with Crippen molar-refractivity contribution in [3.63, 3.8) is 0 Å². The number of amides is 1. The Morgan fingerprint density at radius 3 is 2.64 bits per heavy atom. The van der Waals surface area contributed by atoms with Gasteiger partial charge in [-0.15, -0.1) is 5.10 Å². The van der Waals surface area contributed by atoms with E-state index in [9.17, 15) is 4.79 Å². The number of aromatic nitrogens is 2. The van der Waals surface area contributed by atoms with Crippen LogP contribution in [0.3, 0.4) is 0 Å². The first-order chi connectivity index (χ1) is 11.9. The third kappa shape index (κ3) is 4.07. The van der Waals surface area contributed by atoms with Crippen molar-refractivity contribution >= 4 is 23.2 Å². The zero-order valence-corrected chi connectivity index (χ0v) is 16.1. The third-order valence-electron chi connectivity index (χ3n) is 4.20. The van der Waals surface area contributed by atoms with E-state index in [2.05, 4.69) is 15.7 Å². The van der Waals surface area contributed by atoms with E-state index in [0.29, 0.717) is 23.0 Å². The highest BCUT2D eigenvalue weighted by Gasteiger charge is 2.18. The van der Waals surface area contributed by atoms with Gasteiger partial charge in [-0.2, -0.15) is 0 Å². The average Bonchev–Trinajstić information content (AvgIpc) is 2.91. The number of aryl methyl sites for hydroxylation is 1. The molecule has 0 saturated carbocycles. The molecule has 0 fully saturated rings. The van der Waals surface area contributed by atoms with E-state index in [1.54, 1.807) is 13.2 Å². The van der Waals surface area contributed by atoms with Crippen LogP contribution in [0.25, 0.3) is 0 Å². The normalized spacial score (nSPS) is 10.6. The topological polar surface area (TPSA) is 68.2 Å². The molecule has 0 spiro atoms. The lowest BCUT2D eigenvalue weighted by Crippen LogP contribution is -2.24. The van der Waals surface area contributed by atoms with Crippen LogP contribution in [0.15, 0.2) is 12.1 Å². The van der Waals surface area contributed by atoms with E-state index >= 15 is 0 Å². The number of hydrogen-bond donors (Lipinski definition) is 2. The molecule has 2 aromatic rings. The Morgan fingerprint density at radius 2 is 2.04 bits per heavy atom. The van der Waals surface area contributed by atoms with Gasteiger partial charge in [-0.1, -0.05) is 11.6 Å². The number of anilines is 1. The second-order valence-electron chi connectivity index (χ2n) is 5.73. The van der Waals surface area contributed by atoms with Crippen molar-refractivity contribution in [2.45, 2.75) is 40.8 Å². The first kappa shape index (κ1) is 19.1. The molecule has 0 aliphatic rings. The molecule has 2 rings (SSSR count). The summed E-state index contributed by atoms with van der Waals surface area (Å²) in [4.78, 5) is 12.7. The number of halogens is 1. The van der Waals surface area contributed by atoms with Crippen molar-refractivity contribution in [2.24, 2.45) is 0 Å². The maximum Gasteiger partial charge on any atom is 0.251 e. The SMILES string of the molecule is CCNc1cc(Cl)cc(C(=O)NCc2c(OC)nn(CC)c2C)c1C. The molecular formula is C18H25ClN4O2. The lowest BCUT2D eigenvalue weighted by atomic mass is 10.1. The summed E-state index contributed by atoms with van der Waals surface area (Å²) in [5.41, 5.74) is 4.16. The average molecular weight is 365 g/mol. The Hall–Kier alpha value is -2.21. The zero-order chi connectivity index (χ0) is 18.6. The van der Waals surface area contributed by atoms with Crippen molar-refractivity contribution in [1.29, 1.82) is 0 Å². The Kier molecular flexibility index (Phi) is 6.31. The molecule has 1 heterocycles. The molecule has 0 aliphatic heterocycles. The molecule has 0 bridgehead atoms. The maximum absolute atomic E-state index is 12.7. The minimum atomic E-state index is -0.176. The number of methoxy groups -OCH3 is 1. The predicted octanol–water partition coefficient (Wildman–Crippen LogP) is 3.54. The molecule has 0 unspecified atom stereocenters. The first-order valence-corrected chi connectivity index (χ1v) is 8.73. The van der Waals surface area contributed by atoms with Crippen molar-refractivity contribution < 1.29 is 9.53 Å². The summed E-state index contributed by atoms with van der Waals surface area (Å²) in [7, 11) is 1.58. The van der Waals surface area contributed by atoms with Gasteiger partial charge in [-0.3, -0.25) is 9.48 Å². The number of benzene rings is 1. The van der Waals surface area contributed by atoms with Crippen molar-refractivity contribution in [2.75, 3.05) is 19.0 Å². The molecule has 0 atom stereocenters. The smallest absolute Gasteiger partial charge is 0.251 e. The number of nitrogens with one attached hydrogen (secondary N) is 2. The Balaban J connectivity index is 2.23. The maximum atomic E-state index is 12.7. The van der Waals surface area contributed by atoms with Gasteiger partial charge in [0.1, 0.15) is 0 Å². The predicted molar refractivity (Wildman–Crippen MR) is 101 cm³/mol. The number of hydrogen-bond acceptors (Lipinski definition) is 4. The monoisotopic (exact) mass is 364 g/mol. The summed E-state index contributed by atoms with van der Waals surface area (Å²) in [6.07, 6.45) is 0. The van der Waals surface area contributed by atoms with E-state index in [0.717, 1.165) is 35.6 Å². The highest BCUT2D eigenvalue weighted by atomic mass is 35.5. The highest BCUT2D eigenvalue weighted by Crippen LogP contribution is 2.25. The molecule has 0 radical (unpaired) electrons. The van der Waals surface area contributed by atoms with E-state index in [-0.39, 0.29) is 5.91 Å². The summed E-state index contributed by atoms with van der Waals surface area (Å²) >= 11 is 6.16. The van der Waals surface area contributed by atoms with Crippen molar-refractivity contribution in [1.82, 2.24) is 15.1 Å². The van der Waals surface area contributed by atoms with Gasteiger partial charge in [0.2, 0.25) is 5.88 Å². The number of carbonyl (C=O) groups excluding carboxylic acids is 1. The van der Waals surface area contributed by atoms with Gasteiger partial charge in [0.05, 0.1) is 19.2 Å². The van der Waals surface area contributed by atoms with Crippen molar-refractivity contribution in [3.8, 4) is 5.88 Å². The number of nitrogens with zero attached hydrogens (tertiary/aromatic N) is 2. The minimum Gasteiger partial charge on any atom is -0.480 e. The van der Waals surface area contributed by atoms with Crippen LogP contribution >= 0.6 is 11.6 Å². The van der Waals surface area contributed by atoms with E-state index in [1.807, 2.05) is 38.4 Å². The molecule has 1 amide bonds. The molecular weight excluding hydrogens is 340 g/mol. The summed E-state index contributed by atoms with van der Waals surface area (Å²) in [5.74, 6) is 0.362. The third-order valence-corrected chi connectivity index (χ3v) is 4.41. The number of ether oxygens (including phenoxy) is 1. The fraction of sp³-hybridized carbons (Fsp3) is 0.444.